The molecule has 2 aromatic rings. The van der Waals surface area contributed by atoms with Gasteiger partial charge in [0.2, 0.25) is 5.43 Å². The van der Waals surface area contributed by atoms with Crippen molar-refractivity contribution in [2.45, 2.75) is 32.5 Å². The number of hydrogen-bond donors (Lipinski definition) is 3. The number of hydrogen-bond acceptors (Lipinski definition) is 6. The highest BCUT2D eigenvalue weighted by Gasteiger charge is 2.48. The van der Waals surface area contributed by atoms with Crippen LogP contribution in [-0.2, 0) is 22.4 Å². The summed E-state index contributed by atoms with van der Waals surface area (Å²) in [6, 6.07) is 2.82. The molecule has 1 aliphatic heterocycles. The van der Waals surface area contributed by atoms with Crippen LogP contribution in [0.25, 0.3) is 0 Å². The van der Waals surface area contributed by atoms with Gasteiger partial charge in [0.1, 0.15) is 22.9 Å². The van der Waals surface area contributed by atoms with E-state index in [2.05, 4.69) is 5.32 Å². The van der Waals surface area contributed by atoms with E-state index in [1.807, 2.05) is 0 Å². The second-order valence-electron chi connectivity index (χ2n) is 8.64. The van der Waals surface area contributed by atoms with E-state index in [9.17, 15) is 37.7 Å². The second kappa shape index (κ2) is 9.40. The topological polar surface area (TPSA) is 135 Å². The average molecular weight is 498 g/mol. The number of nitrogens with zero attached hydrogens (tertiary/aromatic N) is 1. The monoisotopic (exact) mass is 498 g/mol. The zero-order chi connectivity index (χ0) is 25.4. The van der Waals surface area contributed by atoms with Crippen molar-refractivity contribution in [3.05, 3.63) is 63.1 Å². The van der Waals surface area contributed by atoms with Crippen molar-refractivity contribution in [1.29, 1.82) is 0 Å². The summed E-state index contributed by atoms with van der Waals surface area (Å²) in [6.45, 7) is 2.34. The van der Waals surface area contributed by atoms with Crippen LogP contribution < -0.4 is 10.7 Å². The number of ether oxygens (including phenoxy) is 1. The molecule has 2 heterocycles. The number of amides is 1. The molecule has 12 heteroatoms. The predicted octanol–water partition coefficient (Wildman–Crippen LogP) is 2.27. The van der Waals surface area contributed by atoms with E-state index in [0.717, 1.165) is 18.3 Å². The number of nitrogens with one attached hydrogen (secondary N) is 1. The van der Waals surface area contributed by atoms with E-state index in [-0.39, 0.29) is 36.9 Å². The Labute approximate surface area is 193 Å². The fourth-order valence-electron chi connectivity index (χ4n) is 3.98. The first-order valence-electron chi connectivity index (χ1n) is 10.3. The molecule has 3 unspecified atom stereocenters. The first kappa shape index (κ1) is 25.7. The molecule has 0 saturated heterocycles. The molecular formula is C22H25F2N2O7P. The summed E-state index contributed by atoms with van der Waals surface area (Å²) in [4.78, 5) is 48.3. The molecule has 3 N–H and O–H groups in total. The molecule has 0 spiro atoms. The molecule has 0 aliphatic carbocycles. The van der Waals surface area contributed by atoms with Crippen LogP contribution >= 0.6 is 7.37 Å². The first-order chi connectivity index (χ1) is 15.8. The molecule has 34 heavy (non-hydrogen) atoms. The van der Waals surface area contributed by atoms with Crippen molar-refractivity contribution >= 4 is 19.1 Å². The average Bonchev–Trinajstić information content (AvgIpc) is 2.75. The van der Waals surface area contributed by atoms with Gasteiger partial charge >= 0.3 is 0 Å². The van der Waals surface area contributed by atoms with Crippen LogP contribution in [0.4, 0.5) is 8.78 Å². The number of benzene rings is 1. The van der Waals surface area contributed by atoms with Gasteiger partial charge in [-0.3, -0.25) is 18.9 Å². The number of ketones is 1. The quantitative estimate of drug-likeness (QED) is 0.499. The largest absolute Gasteiger partial charge is 0.503 e. The van der Waals surface area contributed by atoms with E-state index in [1.54, 1.807) is 0 Å². The summed E-state index contributed by atoms with van der Waals surface area (Å²) < 4.78 is 45.4. The highest BCUT2D eigenvalue weighted by molar-refractivity contribution is 7.57. The Hall–Kier alpha value is -2.88. The Bertz CT molecular complexity index is 1260. The first-order valence-corrected chi connectivity index (χ1v) is 12.6. The number of rotatable bonds is 7. The lowest BCUT2D eigenvalue weighted by molar-refractivity contribution is -0.0161. The number of methoxy groups -OCH3 is 1. The summed E-state index contributed by atoms with van der Waals surface area (Å²) in [5, 5.41) is 12.9. The summed E-state index contributed by atoms with van der Waals surface area (Å²) in [7, 11) is -2.08. The molecule has 0 radical (unpaired) electrons. The molecular weight excluding hydrogens is 473 g/mol. The van der Waals surface area contributed by atoms with Gasteiger partial charge < -0.3 is 24.6 Å². The third-order valence-corrected chi connectivity index (χ3v) is 7.15. The molecule has 3 atom stereocenters. The molecule has 1 aromatic carbocycles. The van der Waals surface area contributed by atoms with Crippen LogP contribution in [0.1, 0.15) is 39.8 Å². The Balaban J connectivity index is 1.93. The molecule has 0 saturated carbocycles. The standard InChI is InChI=1S/C22H25F2N2O7P/c1-22(6-7-34(3,31)32)16(33-2)11-26-10-14(18(27)19(28)17(26)20(22)29)21(30)25-9-12-4-5-13(23)8-15(12)24/h4-5,8,10,16,28H,6-7,9,11H2,1-3H3,(H,25,30)(H,31,32). The molecule has 1 aliphatic rings. The van der Waals surface area contributed by atoms with Crippen LogP contribution in [0.2, 0.25) is 0 Å². The van der Waals surface area contributed by atoms with E-state index in [1.165, 1.54) is 25.3 Å². The molecule has 0 bridgehead atoms. The summed E-state index contributed by atoms with van der Waals surface area (Å²) in [5.74, 6) is -4.18. The van der Waals surface area contributed by atoms with Crippen LogP contribution in [0, 0.1) is 17.0 Å². The van der Waals surface area contributed by atoms with Gasteiger partial charge in [-0.2, -0.15) is 0 Å². The fourth-order valence-corrected chi connectivity index (χ4v) is 4.85. The zero-order valence-corrected chi connectivity index (χ0v) is 19.7. The van der Waals surface area contributed by atoms with Crippen LogP contribution in [0.3, 0.4) is 0 Å². The van der Waals surface area contributed by atoms with Gasteiger partial charge in [0.25, 0.3) is 5.91 Å². The maximum absolute atomic E-state index is 13.8. The molecule has 1 aromatic heterocycles. The third-order valence-electron chi connectivity index (χ3n) is 6.09. The fraction of sp³-hybridized carbons (Fsp3) is 0.409. The number of aromatic nitrogens is 1. The van der Waals surface area contributed by atoms with Gasteiger partial charge in [0.05, 0.1) is 18.1 Å². The Morgan fingerprint density at radius 2 is 2.03 bits per heavy atom. The number of pyridine rings is 1. The maximum Gasteiger partial charge on any atom is 0.257 e. The van der Waals surface area contributed by atoms with Gasteiger partial charge in [-0.05, 0) is 19.4 Å². The molecule has 184 valence electrons. The summed E-state index contributed by atoms with van der Waals surface area (Å²) in [6.07, 6.45) is 0.146. The molecule has 1 amide bonds. The number of carbonyl (C=O) groups excluding carboxylic acids is 2. The van der Waals surface area contributed by atoms with Gasteiger partial charge in [0, 0.05) is 44.3 Å². The zero-order valence-electron chi connectivity index (χ0n) is 18.8. The summed E-state index contributed by atoms with van der Waals surface area (Å²) >= 11 is 0. The van der Waals surface area contributed by atoms with Crippen LogP contribution in [-0.4, -0.2) is 52.3 Å². The van der Waals surface area contributed by atoms with Gasteiger partial charge in [-0.25, -0.2) is 8.78 Å². The number of halogens is 2. The van der Waals surface area contributed by atoms with Crippen molar-refractivity contribution in [2.75, 3.05) is 19.9 Å². The maximum atomic E-state index is 13.8. The third kappa shape index (κ3) is 4.96. The highest BCUT2D eigenvalue weighted by atomic mass is 31.2. The summed E-state index contributed by atoms with van der Waals surface area (Å²) in [5.41, 5.74) is -3.22. The molecule has 9 nitrogen and oxygen atoms in total. The van der Waals surface area contributed by atoms with Crippen molar-refractivity contribution < 1.29 is 37.7 Å². The number of carbonyl (C=O) groups is 2. The predicted molar refractivity (Wildman–Crippen MR) is 118 cm³/mol. The van der Waals surface area contributed by atoms with Gasteiger partial charge in [0.15, 0.2) is 18.9 Å². The normalized spacial score (nSPS) is 21.6. The van der Waals surface area contributed by atoms with E-state index < -0.39 is 59.0 Å². The minimum atomic E-state index is -3.44. The van der Waals surface area contributed by atoms with Crippen molar-refractivity contribution in [3.63, 3.8) is 0 Å². The van der Waals surface area contributed by atoms with E-state index >= 15 is 0 Å². The number of aromatic hydroxyl groups is 1. The smallest absolute Gasteiger partial charge is 0.257 e. The van der Waals surface area contributed by atoms with Crippen molar-refractivity contribution in [3.8, 4) is 5.75 Å². The second-order valence-corrected chi connectivity index (χ2v) is 11.2. The number of fused-ring (bicyclic) bond motifs is 1. The Morgan fingerprint density at radius 3 is 2.62 bits per heavy atom. The van der Waals surface area contributed by atoms with Crippen LogP contribution in [0.15, 0.2) is 29.2 Å². The lowest BCUT2D eigenvalue weighted by Crippen LogP contribution is -2.50. The SMILES string of the molecule is COC1Cn2cc(C(=O)NCc3ccc(F)cc3F)c(=O)c(O)c2C(=O)C1(C)CCP(C)(=O)O. The minimum Gasteiger partial charge on any atom is -0.503 e. The highest BCUT2D eigenvalue weighted by Crippen LogP contribution is 2.45. The van der Waals surface area contributed by atoms with E-state index in [4.69, 9.17) is 4.74 Å². The van der Waals surface area contributed by atoms with E-state index in [0.29, 0.717) is 6.07 Å². The minimum absolute atomic E-state index is 0.0143. The molecule has 0 fully saturated rings. The lowest BCUT2D eigenvalue weighted by atomic mass is 9.73. The number of Topliss-reactive ketones (excluding diaryl/α,β-unsaturated/α-hetero) is 1. The Morgan fingerprint density at radius 1 is 1.35 bits per heavy atom. The van der Waals surface area contributed by atoms with Crippen LogP contribution in [0.5, 0.6) is 5.75 Å². The van der Waals surface area contributed by atoms with Crippen molar-refractivity contribution in [1.82, 2.24) is 9.88 Å². The van der Waals surface area contributed by atoms with Gasteiger partial charge in [-0.15, -0.1) is 0 Å². The van der Waals surface area contributed by atoms with Crippen molar-refractivity contribution in [2.24, 2.45) is 5.41 Å². The lowest BCUT2D eigenvalue weighted by Gasteiger charge is -2.41. The van der Waals surface area contributed by atoms with Gasteiger partial charge in [-0.1, -0.05) is 6.07 Å². The molecule has 3 rings (SSSR count). The Kier molecular flexibility index (Phi) is 7.12.